The lowest BCUT2D eigenvalue weighted by Gasteiger charge is -2.07. The molecule has 2 aromatic heterocycles. The van der Waals surface area contributed by atoms with Crippen molar-refractivity contribution in [2.24, 2.45) is 0 Å². The Bertz CT molecular complexity index is 1160. The van der Waals surface area contributed by atoms with Gasteiger partial charge in [-0.15, -0.1) is 10.2 Å². The Kier molecular flexibility index (Phi) is 3.61. The number of rotatable bonds is 4. The zero-order valence-electron chi connectivity index (χ0n) is 14.0. The molecule has 0 spiro atoms. The third-order valence-electron chi connectivity index (χ3n) is 4.21. The average molecular weight is 354 g/mol. The van der Waals surface area contributed by atoms with Gasteiger partial charge in [-0.1, -0.05) is 42.5 Å². The van der Waals surface area contributed by atoms with Crippen molar-refractivity contribution in [2.45, 2.75) is 30.8 Å². The van der Waals surface area contributed by atoms with E-state index in [1.54, 1.807) is 16.5 Å². The van der Waals surface area contributed by atoms with E-state index in [1.807, 2.05) is 60.9 Å². The smallest absolute Gasteiger partial charge is 0.256 e. The molecule has 2 heterocycles. The predicted molar refractivity (Wildman–Crippen MR) is 96.2 cm³/mol. The van der Waals surface area contributed by atoms with Gasteiger partial charge < -0.3 is 4.57 Å². The summed E-state index contributed by atoms with van der Waals surface area (Å²) in [5.41, 5.74) is 2.47. The Morgan fingerprint density at radius 1 is 0.920 bits per heavy atom. The molecule has 0 atom stereocenters. The Hall–Kier alpha value is -2.67. The van der Waals surface area contributed by atoms with Crippen LogP contribution in [-0.4, -0.2) is 27.6 Å². The van der Waals surface area contributed by atoms with Gasteiger partial charge in [-0.25, -0.2) is 12.8 Å². The first-order chi connectivity index (χ1) is 12.0. The van der Waals surface area contributed by atoms with Crippen LogP contribution in [0.5, 0.6) is 0 Å². The van der Waals surface area contributed by atoms with E-state index in [0.717, 1.165) is 16.6 Å². The van der Waals surface area contributed by atoms with E-state index in [-0.39, 0.29) is 17.0 Å². The summed E-state index contributed by atoms with van der Waals surface area (Å²) in [6.45, 7) is 4.08. The Labute approximate surface area is 145 Å². The molecule has 2 aromatic carbocycles. The summed E-state index contributed by atoms with van der Waals surface area (Å²) < 4.78 is 29.6. The fraction of sp³-hybridized carbons (Fsp3) is 0.222. The number of benzene rings is 2. The van der Waals surface area contributed by atoms with Crippen molar-refractivity contribution in [1.82, 2.24) is 19.2 Å². The lowest BCUT2D eigenvalue weighted by atomic mass is 10.2. The topological polar surface area (TPSA) is 69.3 Å². The van der Waals surface area contributed by atoms with Crippen molar-refractivity contribution in [3.8, 4) is 0 Å². The van der Waals surface area contributed by atoms with Crippen LogP contribution in [0.1, 0.15) is 25.5 Å². The predicted octanol–water partition coefficient (Wildman–Crippen LogP) is 3.24. The molecule has 25 heavy (non-hydrogen) atoms. The largest absolute Gasteiger partial charge is 0.306 e. The molecule has 0 bridgehead atoms. The molecule has 4 aromatic rings. The maximum atomic E-state index is 13.0. The quantitative estimate of drug-likeness (QED) is 0.564. The normalized spacial score (nSPS) is 12.4. The van der Waals surface area contributed by atoms with Crippen molar-refractivity contribution in [2.75, 3.05) is 0 Å². The first-order valence-corrected chi connectivity index (χ1v) is 9.75. The molecule has 6 nitrogen and oxygen atoms in total. The number of hydrogen-bond donors (Lipinski definition) is 0. The van der Waals surface area contributed by atoms with Gasteiger partial charge in [0.15, 0.2) is 0 Å². The van der Waals surface area contributed by atoms with Crippen LogP contribution in [0.4, 0.5) is 0 Å². The minimum Gasteiger partial charge on any atom is -0.306 e. The third kappa shape index (κ3) is 2.51. The second kappa shape index (κ2) is 5.70. The summed E-state index contributed by atoms with van der Waals surface area (Å²) in [5, 5.41) is 8.19. The van der Waals surface area contributed by atoms with Gasteiger partial charge in [0, 0.05) is 6.04 Å². The molecule has 0 amide bonds. The molecule has 0 aliphatic rings. The first kappa shape index (κ1) is 15.8. The summed E-state index contributed by atoms with van der Waals surface area (Å²) >= 11 is 0. The number of sulfone groups is 1. The number of hydrogen-bond acceptors (Lipinski definition) is 4. The van der Waals surface area contributed by atoms with Gasteiger partial charge in [-0.2, -0.15) is 0 Å². The maximum absolute atomic E-state index is 13.0. The highest BCUT2D eigenvalue weighted by Crippen LogP contribution is 2.27. The van der Waals surface area contributed by atoms with E-state index in [0.29, 0.717) is 5.78 Å². The summed E-state index contributed by atoms with van der Waals surface area (Å²) in [4.78, 5) is 0. The Balaban J connectivity index is 1.96. The van der Waals surface area contributed by atoms with Crippen LogP contribution >= 0.6 is 0 Å². The van der Waals surface area contributed by atoms with Crippen molar-refractivity contribution < 1.29 is 8.42 Å². The molecule has 0 radical (unpaired) electrons. The molecule has 0 saturated carbocycles. The van der Waals surface area contributed by atoms with Crippen LogP contribution in [0.25, 0.3) is 16.8 Å². The minimum atomic E-state index is -3.62. The second-order valence-electron chi connectivity index (χ2n) is 6.32. The van der Waals surface area contributed by atoms with Crippen molar-refractivity contribution in [3.05, 3.63) is 60.2 Å². The minimum absolute atomic E-state index is 0.0121. The van der Waals surface area contributed by atoms with Crippen molar-refractivity contribution >= 4 is 26.6 Å². The van der Waals surface area contributed by atoms with Gasteiger partial charge in [0.2, 0.25) is 15.6 Å². The van der Waals surface area contributed by atoms with E-state index in [1.165, 1.54) is 0 Å². The van der Waals surface area contributed by atoms with E-state index >= 15 is 0 Å². The Morgan fingerprint density at radius 3 is 2.24 bits per heavy atom. The number of fused-ring (bicyclic) bond motifs is 3. The highest BCUT2D eigenvalue weighted by molar-refractivity contribution is 7.90. The summed E-state index contributed by atoms with van der Waals surface area (Å²) in [5.74, 6) is 0.443. The Morgan fingerprint density at radius 2 is 1.56 bits per heavy atom. The lowest BCUT2D eigenvalue weighted by molar-refractivity contribution is 0.585. The SMILES string of the molecule is CC(C)n1c2ccccc2n2c(S(=O)(=O)Cc3ccccc3)nnc12. The van der Waals surface area contributed by atoms with Crippen LogP contribution in [-0.2, 0) is 15.6 Å². The molecule has 0 saturated heterocycles. The lowest BCUT2D eigenvalue weighted by Crippen LogP contribution is -2.09. The van der Waals surface area contributed by atoms with Gasteiger partial charge in [0.25, 0.3) is 5.16 Å². The third-order valence-corrected chi connectivity index (χ3v) is 5.74. The number of aromatic nitrogens is 4. The van der Waals surface area contributed by atoms with Gasteiger partial charge in [-0.05, 0) is 31.5 Å². The standard InChI is InChI=1S/C18H18N4O2S/c1-13(2)21-15-10-6-7-11-16(15)22-17(21)19-20-18(22)25(23,24)12-14-8-4-3-5-9-14/h3-11,13H,12H2,1-2H3. The molecule has 7 heteroatoms. The number of para-hydroxylation sites is 2. The van der Waals surface area contributed by atoms with Crippen molar-refractivity contribution in [1.29, 1.82) is 0 Å². The van der Waals surface area contributed by atoms with Crippen LogP contribution in [0, 0.1) is 0 Å². The molecule has 0 N–H and O–H groups in total. The van der Waals surface area contributed by atoms with E-state index in [9.17, 15) is 8.42 Å². The molecule has 128 valence electrons. The zero-order valence-corrected chi connectivity index (χ0v) is 14.8. The molecular weight excluding hydrogens is 336 g/mol. The molecule has 0 unspecified atom stereocenters. The highest BCUT2D eigenvalue weighted by Gasteiger charge is 2.26. The summed E-state index contributed by atoms with van der Waals surface area (Å²) in [6.07, 6.45) is 0. The van der Waals surface area contributed by atoms with E-state index in [4.69, 9.17) is 0 Å². The number of nitrogens with zero attached hydrogens (tertiary/aromatic N) is 4. The molecule has 0 aliphatic carbocycles. The summed E-state index contributed by atoms with van der Waals surface area (Å²) in [7, 11) is -3.62. The fourth-order valence-electron chi connectivity index (χ4n) is 3.16. The molecular formula is C18H18N4O2S. The fourth-order valence-corrected chi connectivity index (χ4v) is 4.55. The van der Waals surface area contributed by atoms with Crippen LogP contribution in [0.3, 0.4) is 0 Å². The average Bonchev–Trinajstić information content (AvgIpc) is 3.13. The van der Waals surface area contributed by atoms with E-state index < -0.39 is 9.84 Å². The van der Waals surface area contributed by atoms with Gasteiger partial charge in [0.05, 0.1) is 16.8 Å². The molecule has 4 rings (SSSR count). The van der Waals surface area contributed by atoms with Crippen LogP contribution in [0.2, 0.25) is 0 Å². The van der Waals surface area contributed by atoms with E-state index in [2.05, 4.69) is 10.2 Å². The van der Waals surface area contributed by atoms with Gasteiger partial charge in [0.1, 0.15) is 0 Å². The first-order valence-electron chi connectivity index (χ1n) is 8.10. The molecule has 0 aliphatic heterocycles. The second-order valence-corrected chi connectivity index (χ2v) is 8.20. The van der Waals surface area contributed by atoms with Gasteiger partial charge in [-0.3, -0.25) is 0 Å². The van der Waals surface area contributed by atoms with Crippen LogP contribution < -0.4 is 0 Å². The zero-order chi connectivity index (χ0) is 17.6. The monoisotopic (exact) mass is 354 g/mol. The highest BCUT2D eigenvalue weighted by atomic mass is 32.2. The van der Waals surface area contributed by atoms with Crippen LogP contribution in [0.15, 0.2) is 59.8 Å². The number of imidazole rings is 1. The van der Waals surface area contributed by atoms with Gasteiger partial charge >= 0.3 is 0 Å². The van der Waals surface area contributed by atoms with Crippen molar-refractivity contribution in [3.63, 3.8) is 0 Å². The summed E-state index contributed by atoms with van der Waals surface area (Å²) in [6, 6.07) is 16.9. The molecule has 0 fully saturated rings. The maximum Gasteiger partial charge on any atom is 0.256 e.